The molecule has 5 heteroatoms. The monoisotopic (exact) mass is 121 g/mol. The van der Waals surface area contributed by atoms with Gasteiger partial charge in [0.05, 0.1) is 7.11 Å². The van der Waals surface area contributed by atoms with Gasteiger partial charge in [-0.05, 0) is 0 Å². The molecule has 0 saturated carbocycles. The number of hydrogen-bond donors (Lipinski definition) is 3. The normalized spacial score (nSPS) is 9.00. The van der Waals surface area contributed by atoms with Gasteiger partial charge in [-0.2, -0.15) is 0 Å². The van der Waals surface area contributed by atoms with Gasteiger partial charge in [-0.1, -0.05) is 0 Å². The summed E-state index contributed by atoms with van der Waals surface area (Å²) in [6.45, 7) is 0. The number of aliphatic hydroxyl groups is 2. The van der Waals surface area contributed by atoms with Crippen molar-refractivity contribution in [3.05, 3.63) is 0 Å². The van der Waals surface area contributed by atoms with Crippen molar-refractivity contribution >= 4 is 6.09 Å². The smallest absolute Gasteiger partial charge is 0.410 e. The predicted octanol–water partition coefficient (Wildman–Crippen LogP) is -1.39. The standard InChI is InChI=1S/C3H7NO4/c1-8-3(7)4-2(5)6/h2,5-6H,1H3,(H,4,7). The summed E-state index contributed by atoms with van der Waals surface area (Å²) in [5.41, 5.74) is 0. The van der Waals surface area contributed by atoms with Gasteiger partial charge in [0.2, 0.25) is 6.41 Å². The summed E-state index contributed by atoms with van der Waals surface area (Å²) in [5, 5.41) is 17.6. The Hall–Kier alpha value is -0.810. The molecule has 48 valence electrons. The lowest BCUT2D eigenvalue weighted by Crippen LogP contribution is -2.33. The van der Waals surface area contributed by atoms with Crippen LogP contribution >= 0.6 is 0 Å². The van der Waals surface area contributed by atoms with Crippen LogP contribution in [0.1, 0.15) is 0 Å². The van der Waals surface area contributed by atoms with Gasteiger partial charge in [0.1, 0.15) is 0 Å². The summed E-state index contributed by atoms with van der Waals surface area (Å²) in [7, 11) is 1.12. The number of ether oxygens (including phenoxy) is 1. The van der Waals surface area contributed by atoms with Crippen LogP contribution in [0.5, 0.6) is 0 Å². The number of rotatable bonds is 1. The van der Waals surface area contributed by atoms with E-state index in [9.17, 15) is 4.79 Å². The molecule has 5 nitrogen and oxygen atoms in total. The van der Waals surface area contributed by atoms with Crippen molar-refractivity contribution in [1.82, 2.24) is 5.32 Å². The third-order valence-corrected chi connectivity index (χ3v) is 0.432. The van der Waals surface area contributed by atoms with E-state index in [1.165, 1.54) is 0 Å². The van der Waals surface area contributed by atoms with Crippen LogP contribution in [-0.2, 0) is 4.74 Å². The number of carbonyl (C=O) groups excluding carboxylic acids is 1. The summed E-state index contributed by atoms with van der Waals surface area (Å²) in [6, 6.07) is 0. The Bertz CT molecular complexity index is 81.4. The first-order valence-electron chi connectivity index (χ1n) is 1.87. The highest BCUT2D eigenvalue weighted by molar-refractivity contribution is 5.66. The number of carbonyl (C=O) groups is 1. The molecular weight excluding hydrogens is 114 g/mol. The van der Waals surface area contributed by atoms with Gasteiger partial charge < -0.3 is 14.9 Å². The van der Waals surface area contributed by atoms with Gasteiger partial charge in [0.25, 0.3) is 0 Å². The maximum atomic E-state index is 9.97. The Morgan fingerprint density at radius 3 is 2.38 bits per heavy atom. The van der Waals surface area contributed by atoms with Crippen LogP contribution in [-0.4, -0.2) is 29.8 Å². The van der Waals surface area contributed by atoms with Crippen molar-refractivity contribution in [1.29, 1.82) is 0 Å². The van der Waals surface area contributed by atoms with E-state index in [1.54, 1.807) is 5.32 Å². The molecule has 0 spiro atoms. The van der Waals surface area contributed by atoms with Gasteiger partial charge in [0.15, 0.2) is 0 Å². The summed E-state index contributed by atoms with van der Waals surface area (Å²) in [4.78, 5) is 9.97. The Morgan fingerprint density at radius 2 is 2.25 bits per heavy atom. The van der Waals surface area contributed by atoms with Gasteiger partial charge in [-0.25, -0.2) is 4.79 Å². The average Bonchev–Trinajstić information content (AvgIpc) is 1.65. The van der Waals surface area contributed by atoms with Crippen LogP contribution in [0.2, 0.25) is 0 Å². The summed E-state index contributed by atoms with van der Waals surface area (Å²) in [6.07, 6.45) is -2.72. The summed E-state index contributed by atoms with van der Waals surface area (Å²) >= 11 is 0. The first kappa shape index (κ1) is 7.19. The quantitative estimate of drug-likeness (QED) is 0.373. The Balaban J connectivity index is 3.25. The van der Waals surface area contributed by atoms with Crippen LogP contribution in [0, 0.1) is 0 Å². The van der Waals surface area contributed by atoms with Crippen LogP contribution in [0.4, 0.5) is 4.79 Å². The van der Waals surface area contributed by atoms with E-state index in [4.69, 9.17) is 10.2 Å². The third-order valence-electron chi connectivity index (χ3n) is 0.432. The second kappa shape index (κ2) is 3.23. The predicted molar refractivity (Wildman–Crippen MR) is 23.8 cm³/mol. The van der Waals surface area contributed by atoms with Crippen molar-refractivity contribution in [3.8, 4) is 0 Å². The van der Waals surface area contributed by atoms with E-state index >= 15 is 0 Å². The minimum absolute atomic E-state index is 0.875. The highest BCUT2D eigenvalue weighted by atomic mass is 16.6. The molecule has 0 aliphatic carbocycles. The number of nitrogens with one attached hydrogen (secondary N) is 1. The second-order valence-corrected chi connectivity index (χ2v) is 1.01. The van der Waals surface area contributed by atoms with E-state index in [0.29, 0.717) is 0 Å². The van der Waals surface area contributed by atoms with E-state index in [-0.39, 0.29) is 0 Å². The fourth-order valence-electron chi connectivity index (χ4n) is 0.164. The molecule has 0 atom stereocenters. The summed E-state index contributed by atoms with van der Waals surface area (Å²) < 4.78 is 3.99. The van der Waals surface area contributed by atoms with Gasteiger partial charge in [-0.15, -0.1) is 0 Å². The van der Waals surface area contributed by atoms with Crippen molar-refractivity contribution in [2.24, 2.45) is 0 Å². The molecule has 0 aromatic heterocycles. The largest absolute Gasteiger partial charge is 0.453 e. The first-order chi connectivity index (χ1) is 3.66. The topological polar surface area (TPSA) is 78.8 Å². The van der Waals surface area contributed by atoms with Crippen LogP contribution in [0.15, 0.2) is 0 Å². The fraction of sp³-hybridized carbons (Fsp3) is 0.667. The van der Waals surface area contributed by atoms with Gasteiger partial charge in [0, 0.05) is 0 Å². The molecule has 3 N–H and O–H groups in total. The lowest BCUT2D eigenvalue weighted by Gasteiger charge is -2.02. The number of alkyl carbamates (subject to hydrolysis) is 1. The highest BCUT2D eigenvalue weighted by Crippen LogP contribution is 1.71. The second-order valence-electron chi connectivity index (χ2n) is 1.01. The maximum Gasteiger partial charge on any atom is 0.410 e. The van der Waals surface area contributed by atoms with Crippen LogP contribution in [0.3, 0.4) is 0 Å². The van der Waals surface area contributed by atoms with Crippen LogP contribution < -0.4 is 5.32 Å². The van der Waals surface area contributed by atoms with Gasteiger partial charge in [-0.3, -0.25) is 5.32 Å². The molecule has 0 aromatic rings. The van der Waals surface area contributed by atoms with E-state index in [1.807, 2.05) is 0 Å². The minimum atomic E-state index is -1.84. The number of methoxy groups -OCH3 is 1. The molecule has 0 rings (SSSR count). The molecule has 0 fully saturated rings. The molecule has 8 heavy (non-hydrogen) atoms. The maximum absolute atomic E-state index is 9.97. The molecule has 0 aromatic carbocycles. The first-order valence-corrected chi connectivity index (χ1v) is 1.87. The van der Waals surface area contributed by atoms with Crippen molar-refractivity contribution in [2.75, 3.05) is 7.11 Å². The molecule has 0 radical (unpaired) electrons. The van der Waals surface area contributed by atoms with Crippen LogP contribution in [0.25, 0.3) is 0 Å². The number of hydrogen-bond acceptors (Lipinski definition) is 4. The lowest BCUT2D eigenvalue weighted by atomic mass is 11.0. The zero-order valence-corrected chi connectivity index (χ0v) is 4.29. The Labute approximate surface area is 45.9 Å². The lowest BCUT2D eigenvalue weighted by molar-refractivity contribution is -0.0608. The molecule has 0 heterocycles. The molecule has 0 aliphatic rings. The SMILES string of the molecule is COC(=O)NC(O)O. The number of amides is 1. The van der Waals surface area contributed by atoms with Crippen molar-refractivity contribution < 1.29 is 19.7 Å². The zero-order valence-electron chi connectivity index (χ0n) is 4.29. The highest BCUT2D eigenvalue weighted by Gasteiger charge is 2.00. The van der Waals surface area contributed by atoms with Crippen molar-refractivity contribution in [3.63, 3.8) is 0 Å². The molecule has 0 saturated heterocycles. The molecule has 0 aliphatic heterocycles. The van der Waals surface area contributed by atoms with E-state index in [0.717, 1.165) is 7.11 Å². The third kappa shape index (κ3) is 3.38. The van der Waals surface area contributed by atoms with E-state index in [2.05, 4.69) is 4.74 Å². The Kier molecular flexibility index (Phi) is 2.90. The average molecular weight is 121 g/mol. The molecule has 0 bridgehead atoms. The van der Waals surface area contributed by atoms with E-state index < -0.39 is 12.5 Å². The fourth-order valence-corrected chi connectivity index (χ4v) is 0.164. The molecule has 0 unspecified atom stereocenters. The minimum Gasteiger partial charge on any atom is -0.453 e. The summed E-state index contributed by atoms with van der Waals surface area (Å²) in [5.74, 6) is 0. The van der Waals surface area contributed by atoms with Crippen molar-refractivity contribution in [2.45, 2.75) is 6.41 Å². The number of aliphatic hydroxyl groups excluding tert-OH is 1. The molecular formula is C3H7NO4. The Morgan fingerprint density at radius 1 is 1.75 bits per heavy atom. The zero-order chi connectivity index (χ0) is 6.57. The molecule has 1 amide bonds. The van der Waals surface area contributed by atoms with Gasteiger partial charge >= 0.3 is 6.09 Å².